The van der Waals surface area contributed by atoms with Crippen LogP contribution in [0.2, 0.25) is 0 Å². The van der Waals surface area contributed by atoms with Gasteiger partial charge in [-0.15, -0.1) is 0 Å². The monoisotopic (exact) mass is 284 g/mol. The molecule has 0 unspecified atom stereocenters. The summed E-state index contributed by atoms with van der Waals surface area (Å²) in [5.41, 5.74) is 0.352. The van der Waals surface area contributed by atoms with E-state index < -0.39 is 4.83 Å². The van der Waals surface area contributed by atoms with Gasteiger partial charge in [0.15, 0.2) is 0 Å². The Bertz CT molecular complexity index is 546. The van der Waals surface area contributed by atoms with Crippen LogP contribution >= 0.6 is 15.9 Å². The molecule has 16 heavy (non-hydrogen) atoms. The van der Waals surface area contributed by atoms with Crippen LogP contribution in [0.25, 0.3) is 10.8 Å². The topological polar surface area (TPSA) is 17.1 Å². The van der Waals surface area contributed by atoms with Gasteiger partial charge in [-0.25, -0.2) is 0 Å². The van der Waals surface area contributed by atoms with Gasteiger partial charge in [-0.05, 0) is 38.8 Å². The Hall–Kier alpha value is -1.29. The van der Waals surface area contributed by atoms with Gasteiger partial charge in [0.05, 0.1) is 0 Å². The molecule has 0 aliphatic rings. The van der Waals surface area contributed by atoms with Crippen molar-refractivity contribution in [2.45, 2.75) is 4.83 Å². The Kier molecular flexibility index (Phi) is 2.76. The van der Waals surface area contributed by atoms with Crippen LogP contribution in [-0.2, 0) is 4.83 Å². The third-order valence-corrected chi connectivity index (χ3v) is 2.79. The number of alkyl halides is 3. The van der Waals surface area contributed by atoms with Crippen molar-refractivity contribution < 1.29 is 13.6 Å². The van der Waals surface area contributed by atoms with Gasteiger partial charge >= 0.3 is 4.83 Å². The zero-order chi connectivity index (χ0) is 11.8. The van der Waals surface area contributed by atoms with Crippen molar-refractivity contribution in [2.24, 2.45) is 0 Å². The first-order valence-corrected chi connectivity index (χ1v) is 5.36. The first kappa shape index (κ1) is 11.2. The van der Waals surface area contributed by atoms with Crippen LogP contribution in [0.3, 0.4) is 0 Å². The molecule has 0 aliphatic carbocycles. The van der Waals surface area contributed by atoms with Gasteiger partial charge in [0.1, 0.15) is 6.29 Å². The molecule has 0 saturated carbocycles. The van der Waals surface area contributed by atoms with Crippen molar-refractivity contribution >= 4 is 33.0 Å². The summed E-state index contributed by atoms with van der Waals surface area (Å²) in [6, 6.07) is 9.31. The van der Waals surface area contributed by atoms with Gasteiger partial charge in [-0.2, -0.15) is 8.78 Å². The van der Waals surface area contributed by atoms with E-state index in [1.807, 2.05) is 0 Å². The minimum atomic E-state index is -3.04. The van der Waals surface area contributed by atoms with Crippen LogP contribution in [0, 0.1) is 0 Å². The van der Waals surface area contributed by atoms with E-state index in [2.05, 4.69) is 15.9 Å². The number of fused-ring (bicyclic) bond motifs is 1. The molecule has 0 radical (unpaired) electrons. The van der Waals surface area contributed by atoms with Crippen molar-refractivity contribution in [3.05, 3.63) is 47.5 Å². The summed E-state index contributed by atoms with van der Waals surface area (Å²) >= 11 is 2.31. The van der Waals surface area contributed by atoms with Crippen molar-refractivity contribution in [1.29, 1.82) is 0 Å². The predicted octanol–water partition coefficient (Wildman–Crippen LogP) is 4.10. The molecule has 2 rings (SSSR count). The molecule has 0 saturated heterocycles. The Morgan fingerprint density at radius 1 is 1.06 bits per heavy atom. The molecular formula is C12H7BrF2O. The van der Waals surface area contributed by atoms with Gasteiger partial charge in [0.25, 0.3) is 0 Å². The van der Waals surface area contributed by atoms with Gasteiger partial charge in [0, 0.05) is 11.1 Å². The number of benzene rings is 2. The lowest BCUT2D eigenvalue weighted by atomic mass is 10.0. The lowest BCUT2D eigenvalue weighted by Gasteiger charge is -2.09. The quantitative estimate of drug-likeness (QED) is 0.599. The summed E-state index contributed by atoms with van der Waals surface area (Å²) in [5, 5.41) is 1.45. The number of hydrogen-bond acceptors (Lipinski definition) is 1. The lowest BCUT2D eigenvalue weighted by molar-refractivity contribution is 0.112. The van der Waals surface area contributed by atoms with Crippen molar-refractivity contribution in [2.75, 3.05) is 0 Å². The minimum Gasteiger partial charge on any atom is -0.298 e. The Morgan fingerprint density at radius 3 is 2.38 bits per heavy atom. The normalized spacial score (nSPS) is 11.7. The predicted molar refractivity (Wildman–Crippen MR) is 62.2 cm³/mol. The molecule has 0 aliphatic heterocycles. The van der Waals surface area contributed by atoms with Crippen LogP contribution in [0.1, 0.15) is 15.9 Å². The lowest BCUT2D eigenvalue weighted by Crippen LogP contribution is -2.01. The third kappa shape index (κ3) is 2.11. The van der Waals surface area contributed by atoms with Gasteiger partial charge < -0.3 is 0 Å². The highest BCUT2D eigenvalue weighted by Gasteiger charge is 2.26. The highest BCUT2D eigenvalue weighted by molar-refractivity contribution is 9.09. The number of aldehydes is 1. The Balaban J connectivity index is 2.64. The molecule has 2 aromatic rings. The number of carbonyl (C=O) groups is 1. The summed E-state index contributed by atoms with van der Waals surface area (Å²) in [6.07, 6.45) is 0.693. The molecule has 4 heteroatoms. The van der Waals surface area contributed by atoms with Gasteiger partial charge in [-0.1, -0.05) is 24.3 Å². The number of carbonyl (C=O) groups excluding carboxylic acids is 1. The van der Waals surface area contributed by atoms with Crippen LogP contribution in [-0.4, -0.2) is 6.29 Å². The molecule has 0 atom stereocenters. The Labute approximate surface area is 99.2 Å². The SMILES string of the molecule is O=Cc1ccc2ccc(C(F)(F)Br)cc2c1. The molecule has 0 fully saturated rings. The highest BCUT2D eigenvalue weighted by atomic mass is 79.9. The summed E-state index contributed by atoms with van der Waals surface area (Å²) < 4.78 is 26.0. The molecular weight excluding hydrogens is 278 g/mol. The molecule has 0 bridgehead atoms. The molecule has 0 spiro atoms. The Morgan fingerprint density at radius 2 is 1.75 bits per heavy atom. The van der Waals surface area contributed by atoms with Crippen molar-refractivity contribution in [3.63, 3.8) is 0 Å². The van der Waals surface area contributed by atoms with Crippen LogP contribution < -0.4 is 0 Å². The smallest absolute Gasteiger partial charge is 0.298 e. The average molecular weight is 285 g/mol. The summed E-state index contributed by atoms with van der Waals surface area (Å²) in [7, 11) is 0. The number of hydrogen-bond donors (Lipinski definition) is 0. The summed E-state index contributed by atoms with van der Waals surface area (Å²) in [4.78, 5) is 7.53. The van der Waals surface area contributed by atoms with Crippen molar-refractivity contribution in [1.82, 2.24) is 0 Å². The average Bonchev–Trinajstić information content (AvgIpc) is 2.26. The molecule has 82 valence electrons. The fourth-order valence-corrected chi connectivity index (χ4v) is 1.76. The van der Waals surface area contributed by atoms with E-state index in [1.165, 1.54) is 12.1 Å². The van der Waals surface area contributed by atoms with Crippen LogP contribution in [0.4, 0.5) is 8.78 Å². The van der Waals surface area contributed by atoms with E-state index in [0.717, 1.165) is 5.39 Å². The third-order valence-electron chi connectivity index (χ3n) is 2.33. The van der Waals surface area contributed by atoms with E-state index in [4.69, 9.17) is 0 Å². The van der Waals surface area contributed by atoms with Crippen LogP contribution in [0.5, 0.6) is 0 Å². The van der Waals surface area contributed by atoms with E-state index >= 15 is 0 Å². The van der Waals surface area contributed by atoms with E-state index in [0.29, 0.717) is 17.2 Å². The highest BCUT2D eigenvalue weighted by Crippen LogP contribution is 2.35. The fraction of sp³-hybridized carbons (Fsp3) is 0.0833. The maximum Gasteiger partial charge on any atom is 0.326 e. The molecule has 0 aromatic heterocycles. The van der Waals surface area contributed by atoms with E-state index in [-0.39, 0.29) is 5.56 Å². The molecule has 2 aromatic carbocycles. The second-order valence-electron chi connectivity index (χ2n) is 3.44. The summed E-state index contributed by atoms with van der Waals surface area (Å²) in [5.74, 6) is 0. The second kappa shape index (κ2) is 3.94. The molecule has 0 N–H and O–H groups in total. The minimum absolute atomic E-state index is 0.122. The van der Waals surface area contributed by atoms with E-state index in [9.17, 15) is 13.6 Å². The maximum atomic E-state index is 13.0. The van der Waals surface area contributed by atoms with E-state index in [1.54, 1.807) is 24.3 Å². The molecule has 0 heterocycles. The fourth-order valence-electron chi connectivity index (χ4n) is 1.51. The van der Waals surface area contributed by atoms with Gasteiger partial charge in [0.2, 0.25) is 0 Å². The van der Waals surface area contributed by atoms with Crippen molar-refractivity contribution in [3.8, 4) is 0 Å². The zero-order valence-electron chi connectivity index (χ0n) is 8.08. The first-order valence-electron chi connectivity index (χ1n) is 4.57. The first-order chi connectivity index (χ1) is 7.50. The summed E-state index contributed by atoms with van der Waals surface area (Å²) in [6.45, 7) is 0. The second-order valence-corrected chi connectivity index (χ2v) is 4.43. The maximum absolute atomic E-state index is 13.0. The van der Waals surface area contributed by atoms with Gasteiger partial charge in [-0.3, -0.25) is 4.79 Å². The number of rotatable bonds is 2. The molecule has 1 nitrogen and oxygen atoms in total. The largest absolute Gasteiger partial charge is 0.326 e. The number of halogens is 3. The zero-order valence-corrected chi connectivity index (χ0v) is 9.67. The van der Waals surface area contributed by atoms with Crippen LogP contribution in [0.15, 0.2) is 36.4 Å². The standard InChI is InChI=1S/C12H7BrF2O/c13-12(14,15)11-4-3-9-2-1-8(7-16)5-10(9)6-11/h1-7H. The molecule has 0 amide bonds.